The maximum Gasteiger partial charge on any atom is 0.387 e. The normalized spacial score (nSPS) is 32.5. The van der Waals surface area contributed by atoms with Crippen LogP contribution in [0, 0.1) is 41.3 Å². The second-order valence-electron chi connectivity index (χ2n) is 10.1. The van der Waals surface area contributed by atoms with Crippen LogP contribution >= 0.6 is 0 Å². The second kappa shape index (κ2) is 11.0. The number of ether oxygens (including phenoxy) is 2. The molecule has 1 aromatic rings. The number of esters is 1. The molecule has 0 aliphatic heterocycles. The van der Waals surface area contributed by atoms with E-state index in [0.29, 0.717) is 11.8 Å². The van der Waals surface area contributed by atoms with Crippen molar-refractivity contribution in [1.29, 1.82) is 0 Å². The first-order valence-electron chi connectivity index (χ1n) is 12.5. The molecule has 0 saturated heterocycles. The van der Waals surface area contributed by atoms with Gasteiger partial charge in [0.1, 0.15) is 5.75 Å². The number of carbonyl (C=O) groups excluding carboxylic acids is 1. The Morgan fingerprint density at radius 3 is 2.45 bits per heavy atom. The van der Waals surface area contributed by atoms with Crippen molar-refractivity contribution in [3.05, 3.63) is 36.2 Å². The predicted octanol–water partition coefficient (Wildman–Crippen LogP) is 7.55. The van der Waals surface area contributed by atoms with Crippen LogP contribution in [0.25, 0.3) is 0 Å². The third-order valence-electron chi connectivity index (χ3n) is 8.28. The lowest BCUT2D eigenvalue weighted by Crippen LogP contribution is -2.40. The monoisotopic (exact) mass is 464 g/mol. The fourth-order valence-corrected chi connectivity index (χ4v) is 6.73. The highest BCUT2D eigenvalue weighted by Gasteiger charge is 2.43. The molecule has 1 aromatic carbocycles. The van der Waals surface area contributed by atoms with Crippen LogP contribution in [-0.4, -0.2) is 12.6 Å². The van der Waals surface area contributed by atoms with Crippen molar-refractivity contribution >= 4 is 5.97 Å². The highest BCUT2D eigenvalue weighted by Crippen LogP contribution is 2.50. The van der Waals surface area contributed by atoms with Gasteiger partial charge >= 0.3 is 12.6 Å². The van der Waals surface area contributed by atoms with Crippen molar-refractivity contribution < 1.29 is 27.4 Å². The number of hydrogen-bond acceptors (Lipinski definition) is 3. The van der Waals surface area contributed by atoms with Crippen LogP contribution in [0.3, 0.4) is 0 Å². The van der Waals surface area contributed by atoms with Gasteiger partial charge in [-0.1, -0.05) is 25.0 Å². The molecule has 0 bridgehead atoms. The third-order valence-corrected chi connectivity index (χ3v) is 8.28. The van der Waals surface area contributed by atoms with Crippen molar-refractivity contribution in [2.45, 2.75) is 77.7 Å². The summed E-state index contributed by atoms with van der Waals surface area (Å²) in [6.45, 7) is -1.00. The van der Waals surface area contributed by atoms with Crippen LogP contribution in [0.4, 0.5) is 13.2 Å². The van der Waals surface area contributed by atoms with Gasteiger partial charge in [0.15, 0.2) is 11.6 Å². The first-order valence-corrected chi connectivity index (χ1v) is 12.5. The molecule has 4 atom stereocenters. The second-order valence-corrected chi connectivity index (χ2v) is 10.1. The van der Waals surface area contributed by atoms with Crippen LogP contribution in [-0.2, 0) is 4.79 Å². The SMILES string of the molecule is C/C=C/C1CCC(C2CCC3C(CCCC3C(=O)Oc3ccc(OC(F)F)c(F)c3)C2)CC1. The van der Waals surface area contributed by atoms with Crippen LogP contribution in [0.15, 0.2) is 30.4 Å². The van der Waals surface area contributed by atoms with Gasteiger partial charge in [-0.3, -0.25) is 4.79 Å². The smallest absolute Gasteiger partial charge is 0.387 e. The Kier molecular flexibility index (Phi) is 8.02. The molecule has 0 heterocycles. The van der Waals surface area contributed by atoms with E-state index in [4.69, 9.17) is 4.74 Å². The van der Waals surface area contributed by atoms with Crippen molar-refractivity contribution in [1.82, 2.24) is 0 Å². The maximum absolute atomic E-state index is 14.0. The molecule has 0 N–H and O–H groups in total. The highest BCUT2D eigenvalue weighted by molar-refractivity contribution is 5.75. The van der Waals surface area contributed by atoms with Gasteiger partial charge in [-0.05, 0) is 100 Å². The topological polar surface area (TPSA) is 35.5 Å². The summed E-state index contributed by atoms with van der Waals surface area (Å²) in [5.74, 6) is 1.24. The molecular formula is C27H35F3O3. The van der Waals surface area contributed by atoms with Gasteiger partial charge in [0, 0.05) is 6.07 Å². The Morgan fingerprint density at radius 2 is 1.76 bits per heavy atom. The number of allylic oxidation sites excluding steroid dienone is 2. The Labute approximate surface area is 194 Å². The Bertz CT molecular complexity index is 832. The molecule has 3 aliphatic rings. The Morgan fingerprint density at radius 1 is 1.00 bits per heavy atom. The van der Waals surface area contributed by atoms with Crippen molar-refractivity contribution in [3.63, 3.8) is 0 Å². The van der Waals surface area contributed by atoms with Crippen LogP contribution < -0.4 is 9.47 Å². The van der Waals surface area contributed by atoms with Crippen molar-refractivity contribution in [2.24, 2.45) is 35.5 Å². The van der Waals surface area contributed by atoms with Gasteiger partial charge in [-0.2, -0.15) is 8.78 Å². The number of fused-ring (bicyclic) bond motifs is 1. The number of carbonyl (C=O) groups is 1. The van der Waals surface area contributed by atoms with Gasteiger partial charge in [0.2, 0.25) is 0 Å². The minimum Gasteiger partial charge on any atom is -0.432 e. The lowest BCUT2D eigenvalue weighted by Gasteiger charge is -2.45. The van der Waals surface area contributed by atoms with Crippen molar-refractivity contribution in [2.75, 3.05) is 0 Å². The fraction of sp³-hybridized carbons (Fsp3) is 0.667. The van der Waals surface area contributed by atoms with E-state index in [1.807, 2.05) is 0 Å². The van der Waals surface area contributed by atoms with E-state index in [-0.39, 0.29) is 17.6 Å². The maximum atomic E-state index is 14.0. The van der Waals surface area contributed by atoms with Gasteiger partial charge in [-0.15, -0.1) is 0 Å². The summed E-state index contributed by atoms with van der Waals surface area (Å²) in [5.41, 5.74) is 0. The van der Waals surface area contributed by atoms with Crippen LogP contribution in [0.2, 0.25) is 0 Å². The molecular weight excluding hydrogens is 429 g/mol. The van der Waals surface area contributed by atoms with Gasteiger partial charge in [0.25, 0.3) is 0 Å². The van der Waals surface area contributed by atoms with E-state index in [0.717, 1.165) is 49.1 Å². The fourth-order valence-electron chi connectivity index (χ4n) is 6.73. The number of rotatable bonds is 6. The average Bonchev–Trinajstić information content (AvgIpc) is 2.80. The average molecular weight is 465 g/mol. The first kappa shape index (κ1) is 24.2. The molecule has 0 amide bonds. The van der Waals surface area contributed by atoms with E-state index in [2.05, 4.69) is 23.8 Å². The predicted molar refractivity (Wildman–Crippen MR) is 121 cm³/mol. The lowest BCUT2D eigenvalue weighted by atomic mass is 9.59. The molecule has 3 aliphatic carbocycles. The molecule has 33 heavy (non-hydrogen) atoms. The summed E-state index contributed by atoms with van der Waals surface area (Å²) in [5, 5.41) is 0. The van der Waals surface area contributed by atoms with Gasteiger partial charge in [0.05, 0.1) is 5.92 Å². The Hall–Kier alpha value is -1.98. The van der Waals surface area contributed by atoms with Crippen molar-refractivity contribution in [3.8, 4) is 11.5 Å². The molecule has 0 radical (unpaired) electrons. The zero-order chi connectivity index (χ0) is 23.4. The highest BCUT2D eigenvalue weighted by atomic mass is 19.3. The minimum absolute atomic E-state index is 0.0350. The quantitative estimate of drug-likeness (QED) is 0.248. The van der Waals surface area contributed by atoms with Gasteiger partial charge < -0.3 is 9.47 Å². The van der Waals surface area contributed by atoms with Crippen LogP contribution in [0.5, 0.6) is 11.5 Å². The molecule has 0 spiro atoms. The first-order chi connectivity index (χ1) is 15.9. The standard InChI is InChI=1S/C27H35F3O3/c1-2-4-17-7-9-18(10-8-17)19-11-13-22-20(15-19)5-3-6-23(22)26(31)32-21-12-14-25(24(28)16-21)33-27(29)30/h2,4,12,14,16-20,22-23,27H,3,5-11,13,15H2,1H3/b4-2+. The number of hydrogen-bond donors (Lipinski definition) is 0. The molecule has 0 aromatic heterocycles. The van der Waals surface area contributed by atoms with E-state index in [1.54, 1.807) is 0 Å². The molecule has 3 nitrogen and oxygen atoms in total. The summed E-state index contributed by atoms with van der Waals surface area (Å²) < 4.78 is 48.3. The van der Waals surface area contributed by atoms with E-state index < -0.39 is 18.2 Å². The third kappa shape index (κ3) is 5.93. The molecule has 6 heteroatoms. The van der Waals surface area contributed by atoms with E-state index in [1.165, 1.54) is 51.0 Å². The minimum atomic E-state index is -3.11. The summed E-state index contributed by atoms with van der Waals surface area (Å²) >= 11 is 0. The number of alkyl halides is 2. The van der Waals surface area contributed by atoms with Gasteiger partial charge in [-0.25, -0.2) is 4.39 Å². The van der Waals surface area contributed by atoms with E-state index >= 15 is 0 Å². The molecule has 4 unspecified atom stereocenters. The lowest BCUT2D eigenvalue weighted by molar-refractivity contribution is -0.144. The largest absolute Gasteiger partial charge is 0.432 e. The molecule has 3 saturated carbocycles. The zero-order valence-electron chi connectivity index (χ0n) is 19.4. The summed E-state index contributed by atoms with van der Waals surface area (Å²) in [4.78, 5) is 13.0. The number of halogens is 3. The number of benzene rings is 1. The van der Waals surface area contributed by atoms with Crippen LogP contribution in [0.1, 0.15) is 71.1 Å². The van der Waals surface area contributed by atoms with E-state index in [9.17, 15) is 18.0 Å². The zero-order valence-corrected chi connectivity index (χ0v) is 19.4. The molecule has 4 rings (SSSR count). The summed E-state index contributed by atoms with van der Waals surface area (Å²) in [6, 6.07) is 3.32. The summed E-state index contributed by atoms with van der Waals surface area (Å²) in [6.07, 6.45) is 16.2. The Balaban J connectivity index is 1.33. The molecule has 182 valence electrons. The molecule has 3 fully saturated rings. The summed E-state index contributed by atoms with van der Waals surface area (Å²) in [7, 11) is 0.